The SMILES string of the molecule is CC(C)[O].C[O]. The lowest BCUT2D eigenvalue weighted by atomic mass is 10.5. The van der Waals surface area contributed by atoms with Crippen molar-refractivity contribution in [2.75, 3.05) is 7.11 Å². The molecule has 0 N–H and O–H groups in total. The van der Waals surface area contributed by atoms with E-state index in [-0.39, 0.29) is 0 Å². The van der Waals surface area contributed by atoms with Gasteiger partial charge in [-0.2, -0.15) is 0 Å². The van der Waals surface area contributed by atoms with Gasteiger partial charge in [0.05, 0.1) is 13.2 Å². The standard InChI is InChI=1S/C3H7O.CH3O/c1-3(2)4;1-2/h3H,1-2H3;1H3. The predicted molar refractivity (Wildman–Crippen MR) is 22.4 cm³/mol. The molecule has 0 saturated carbocycles. The molecule has 0 atom stereocenters. The molecule has 0 aromatic carbocycles. The van der Waals surface area contributed by atoms with Crippen molar-refractivity contribution >= 4 is 0 Å². The van der Waals surface area contributed by atoms with Crippen molar-refractivity contribution in [2.24, 2.45) is 0 Å². The topological polar surface area (TPSA) is 39.8 Å². The third kappa shape index (κ3) is 5220. The molecular weight excluding hydrogens is 80.0 g/mol. The Bertz CT molecular complexity index is 10.3. The van der Waals surface area contributed by atoms with Gasteiger partial charge in [0, 0.05) is 0 Å². The smallest absolute Gasteiger partial charge is 0.0874 e. The first-order valence-corrected chi connectivity index (χ1v) is 1.80. The zero-order valence-corrected chi connectivity index (χ0v) is 4.39. The van der Waals surface area contributed by atoms with Gasteiger partial charge in [0.15, 0.2) is 0 Å². The van der Waals surface area contributed by atoms with E-state index in [1.165, 1.54) is 0 Å². The summed E-state index contributed by atoms with van der Waals surface area (Å²) in [6.45, 7) is 3.22. The Morgan fingerprint density at radius 2 is 1.17 bits per heavy atom. The first-order valence-electron chi connectivity index (χ1n) is 1.80. The lowest BCUT2D eigenvalue weighted by Crippen LogP contribution is -1.81. The summed E-state index contributed by atoms with van der Waals surface area (Å²) in [6.07, 6.45) is -0.417. The van der Waals surface area contributed by atoms with Gasteiger partial charge in [0.1, 0.15) is 0 Å². The molecule has 0 aliphatic heterocycles. The van der Waals surface area contributed by atoms with E-state index in [1.54, 1.807) is 13.8 Å². The molecule has 0 aromatic rings. The van der Waals surface area contributed by atoms with Gasteiger partial charge >= 0.3 is 0 Å². The van der Waals surface area contributed by atoms with Gasteiger partial charge in [-0.15, -0.1) is 0 Å². The van der Waals surface area contributed by atoms with Crippen LogP contribution in [0.25, 0.3) is 0 Å². The van der Waals surface area contributed by atoms with Gasteiger partial charge in [-0.05, 0) is 13.8 Å². The molecule has 0 rings (SSSR count). The number of hydrogen-bond acceptors (Lipinski definition) is 0. The van der Waals surface area contributed by atoms with Gasteiger partial charge in [0.25, 0.3) is 0 Å². The van der Waals surface area contributed by atoms with E-state index in [2.05, 4.69) is 0 Å². The molecule has 2 heteroatoms. The second-order valence-corrected chi connectivity index (χ2v) is 1.05. The zero-order valence-electron chi connectivity index (χ0n) is 4.39. The minimum Gasteiger partial charge on any atom is -0.240 e. The number of rotatable bonds is 0. The van der Waals surface area contributed by atoms with E-state index in [0.717, 1.165) is 7.11 Å². The molecular formula is C4H10O2. The molecule has 0 aliphatic carbocycles. The maximum absolute atomic E-state index is 9.53. The molecule has 0 saturated heterocycles. The Hall–Kier alpha value is -0.0800. The molecule has 0 aliphatic rings. The monoisotopic (exact) mass is 90.1 g/mol. The van der Waals surface area contributed by atoms with Crippen LogP contribution in [0.3, 0.4) is 0 Å². The summed E-state index contributed by atoms with van der Waals surface area (Å²) in [4.78, 5) is 0. The predicted octanol–water partition coefficient (Wildman–Crippen LogP) is 0.872. The summed E-state index contributed by atoms with van der Waals surface area (Å²) in [5, 5.41) is 17.8. The van der Waals surface area contributed by atoms with Crippen LogP contribution in [-0.4, -0.2) is 13.2 Å². The van der Waals surface area contributed by atoms with Crippen molar-refractivity contribution in [1.29, 1.82) is 0 Å². The first kappa shape index (κ1) is 9.33. The fourth-order valence-electron chi connectivity index (χ4n) is 0. The van der Waals surface area contributed by atoms with Crippen LogP contribution in [0.15, 0.2) is 0 Å². The highest BCUT2D eigenvalue weighted by Crippen LogP contribution is 1.67. The molecule has 0 spiro atoms. The van der Waals surface area contributed by atoms with E-state index in [0.29, 0.717) is 0 Å². The molecule has 0 heterocycles. The quantitative estimate of drug-likeness (QED) is 0.423. The van der Waals surface area contributed by atoms with Gasteiger partial charge < -0.3 is 0 Å². The van der Waals surface area contributed by atoms with Crippen LogP contribution >= 0.6 is 0 Å². The van der Waals surface area contributed by atoms with Gasteiger partial charge in [-0.25, -0.2) is 10.2 Å². The molecule has 0 aromatic heterocycles. The second kappa shape index (κ2) is 8.87. The minimum absolute atomic E-state index is 0.417. The normalized spacial score (nSPS) is 7.00. The largest absolute Gasteiger partial charge is 0.240 e. The summed E-state index contributed by atoms with van der Waals surface area (Å²) in [5.74, 6) is 0. The molecule has 38 valence electrons. The molecule has 0 bridgehead atoms. The van der Waals surface area contributed by atoms with Crippen LogP contribution in [0.2, 0.25) is 0 Å². The van der Waals surface area contributed by atoms with Gasteiger partial charge in [0.2, 0.25) is 0 Å². The molecule has 6 heavy (non-hydrogen) atoms. The average molecular weight is 90.1 g/mol. The second-order valence-electron chi connectivity index (χ2n) is 1.05. The Balaban J connectivity index is 0. The maximum Gasteiger partial charge on any atom is 0.0874 e. The maximum atomic E-state index is 9.53. The van der Waals surface area contributed by atoms with Crippen molar-refractivity contribution in [3.63, 3.8) is 0 Å². The molecule has 2 nitrogen and oxygen atoms in total. The lowest BCUT2D eigenvalue weighted by molar-refractivity contribution is 0.122. The third-order valence-electron chi connectivity index (χ3n) is 0. The zero-order chi connectivity index (χ0) is 5.58. The van der Waals surface area contributed by atoms with Crippen LogP contribution in [0.4, 0.5) is 0 Å². The summed E-state index contributed by atoms with van der Waals surface area (Å²) < 4.78 is 0. The molecule has 2 radical (unpaired) electrons. The van der Waals surface area contributed by atoms with Crippen LogP contribution in [0, 0.1) is 0 Å². The third-order valence-corrected chi connectivity index (χ3v) is 0. The summed E-state index contributed by atoms with van der Waals surface area (Å²) in [7, 11) is 0.750. The van der Waals surface area contributed by atoms with Crippen molar-refractivity contribution in [3.8, 4) is 0 Å². The summed E-state index contributed by atoms with van der Waals surface area (Å²) in [5.41, 5.74) is 0. The van der Waals surface area contributed by atoms with Crippen molar-refractivity contribution in [2.45, 2.75) is 20.0 Å². The molecule has 0 unspecified atom stereocenters. The Kier molecular flexibility index (Phi) is 13.8. The summed E-state index contributed by atoms with van der Waals surface area (Å²) in [6, 6.07) is 0. The first-order chi connectivity index (χ1) is 2.73. The minimum atomic E-state index is -0.417. The Morgan fingerprint density at radius 3 is 1.17 bits per heavy atom. The van der Waals surface area contributed by atoms with E-state index >= 15 is 0 Å². The Morgan fingerprint density at radius 1 is 1.17 bits per heavy atom. The van der Waals surface area contributed by atoms with Crippen molar-refractivity contribution < 1.29 is 10.2 Å². The van der Waals surface area contributed by atoms with Crippen LogP contribution < -0.4 is 0 Å². The van der Waals surface area contributed by atoms with Crippen LogP contribution in [-0.2, 0) is 10.2 Å². The van der Waals surface area contributed by atoms with E-state index in [9.17, 15) is 5.11 Å². The molecule has 0 amide bonds. The van der Waals surface area contributed by atoms with E-state index in [1.807, 2.05) is 0 Å². The van der Waals surface area contributed by atoms with E-state index < -0.39 is 6.10 Å². The van der Waals surface area contributed by atoms with Crippen molar-refractivity contribution in [3.05, 3.63) is 0 Å². The highest BCUT2D eigenvalue weighted by molar-refractivity contribution is 4.20. The van der Waals surface area contributed by atoms with Crippen LogP contribution in [0.5, 0.6) is 0 Å². The Labute approximate surface area is 38.4 Å². The summed E-state index contributed by atoms with van der Waals surface area (Å²) >= 11 is 0. The van der Waals surface area contributed by atoms with Crippen LogP contribution in [0.1, 0.15) is 13.8 Å². The molecule has 0 fully saturated rings. The fraction of sp³-hybridized carbons (Fsp3) is 1.00. The van der Waals surface area contributed by atoms with Gasteiger partial charge in [-0.1, -0.05) is 0 Å². The average Bonchev–Trinajstić information content (AvgIpc) is 1.41. The van der Waals surface area contributed by atoms with Gasteiger partial charge in [-0.3, -0.25) is 0 Å². The fourth-order valence-corrected chi connectivity index (χ4v) is 0. The van der Waals surface area contributed by atoms with Crippen molar-refractivity contribution in [1.82, 2.24) is 0 Å². The highest BCUT2D eigenvalue weighted by atomic mass is 16.3. The highest BCUT2D eigenvalue weighted by Gasteiger charge is 1.73. The number of hydrogen-bond donors (Lipinski definition) is 0. The lowest BCUT2D eigenvalue weighted by Gasteiger charge is -1.74. The van der Waals surface area contributed by atoms with E-state index in [4.69, 9.17) is 5.11 Å².